The highest BCUT2D eigenvalue weighted by molar-refractivity contribution is 7.93. The van der Waals surface area contributed by atoms with Gasteiger partial charge in [-0.05, 0) is 102 Å². The number of nitrogens with zero attached hydrogens (tertiary/aromatic N) is 4. The average Bonchev–Trinajstić information content (AvgIpc) is 3.16. The number of para-hydroxylation sites is 2. The number of Topliss-reactive ketones (excluding diaryl/α,β-unsaturated/α-hetero) is 1. The second-order valence-electron chi connectivity index (χ2n) is 13.1. The molecule has 4 aromatic rings. The Labute approximate surface area is 321 Å². The van der Waals surface area contributed by atoms with Crippen molar-refractivity contribution < 1.29 is 31.2 Å². The number of carbonyl (C=O) groups excluding carboxylic acids is 2. The molecular weight excluding hydrogens is 727 g/mol. The SMILES string of the molecule is CN(C)CCCS(=O)(=O)N(Cc1ccc(C(=O)CN)cc1)c1ccccc1.COC(=O)c1ccc(CN(c2ccccc2)S(=O)(=O)CCCN(C)C)cc1. The number of ether oxygens (including phenoxy) is 1. The Hall–Kier alpha value is -4.60. The summed E-state index contributed by atoms with van der Waals surface area (Å²) < 4.78 is 59.4. The quantitative estimate of drug-likeness (QED) is 0.103. The molecule has 0 saturated carbocycles. The van der Waals surface area contributed by atoms with Crippen molar-refractivity contribution in [3.05, 3.63) is 131 Å². The van der Waals surface area contributed by atoms with Crippen LogP contribution in [0.15, 0.2) is 109 Å². The van der Waals surface area contributed by atoms with Gasteiger partial charge < -0.3 is 20.3 Å². The number of hydrogen-bond acceptors (Lipinski definition) is 10. The molecule has 0 aliphatic heterocycles. The number of carbonyl (C=O) groups is 2. The van der Waals surface area contributed by atoms with E-state index in [2.05, 4.69) is 0 Å². The Morgan fingerprint density at radius 2 is 0.944 bits per heavy atom. The number of methoxy groups -OCH3 is 1. The highest BCUT2D eigenvalue weighted by Crippen LogP contribution is 2.23. The fourth-order valence-corrected chi connectivity index (χ4v) is 8.35. The van der Waals surface area contributed by atoms with Crippen LogP contribution in [0.3, 0.4) is 0 Å². The van der Waals surface area contributed by atoms with Gasteiger partial charge >= 0.3 is 5.97 Å². The maximum Gasteiger partial charge on any atom is 0.337 e. The van der Waals surface area contributed by atoms with Crippen molar-refractivity contribution in [1.29, 1.82) is 0 Å². The largest absolute Gasteiger partial charge is 0.465 e. The first-order valence-corrected chi connectivity index (χ1v) is 20.8. The van der Waals surface area contributed by atoms with Gasteiger partial charge in [0.1, 0.15) is 0 Å². The normalized spacial score (nSPS) is 11.5. The van der Waals surface area contributed by atoms with E-state index in [4.69, 9.17) is 10.5 Å². The van der Waals surface area contributed by atoms with Gasteiger partial charge in [0.2, 0.25) is 20.0 Å². The summed E-state index contributed by atoms with van der Waals surface area (Å²) in [6.07, 6.45) is 1.11. The zero-order chi connectivity index (χ0) is 39.7. The summed E-state index contributed by atoms with van der Waals surface area (Å²) in [6.45, 7) is 1.78. The van der Waals surface area contributed by atoms with Gasteiger partial charge in [0.25, 0.3) is 0 Å². The molecule has 12 nitrogen and oxygen atoms in total. The van der Waals surface area contributed by atoms with Crippen molar-refractivity contribution in [2.45, 2.75) is 25.9 Å². The van der Waals surface area contributed by atoms with Crippen LogP contribution in [0.1, 0.15) is 44.7 Å². The number of nitrogens with two attached hydrogens (primary N) is 1. The zero-order valence-corrected chi connectivity index (χ0v) is 33.4. The van der Waals surface area contributed by atoms with Crippen molar-refractivity contribution in [1.82, 2.24) is 9.80 Å². The summed E-state index contributed by atoms with van der Waals surface area (Å²) >= 11 is 0. The highest BCUT2D eigenvalue weighted by atomic mass is 32.2. The van der Waals surface area contributed by atoms with E-state index in [-0.39, 0.29) is 36.9 Å². The van der Waals surface area contributed by atoms with Gasteiger partial charge in [-0.1, -0.05) is 72.8 Å². The molecule has 0 aliphatic carbocycles. The van der Waals surface area contributed by atoms with E-state index in [0.29, 0.717) is 48.4 Å². The summed E-state index contributed by atoms with van der Waals surface area (Å²) in [5, 5.41) is 0. The van der Waals surface area contributed by atoms with E-state index in [1.165, 1.54) is 15.7 Å². The highest BCUT2D eigenvalue weighted by Gasteiger charge is 2.24. The van der Waals surface area contributed by atoms with Crippen LogP contribution in [0.4, 0.5) is 11.4 Å². The lowest BCUT2D eigenvalue weighted by Crippen LogP contribution is -2.33. The van der Waals surface area contributed by atoms with Crippen LogP contribution in [0.2, 0.25) is 0 Å². The molecular formula is C40H53N5O7S2. The van der Waals surface area contributed by atoms with Crippen molar-refractivity contribution >= 4 is 43.2 Å². The van der Waals surface area contributed by atoms with Crippen molar-refractivity contribution in [3.8, 4) is 0 Å². The maximum absolute atomic E-state index is 13.0. The van der Waals surface area contributed by atoms with Gasteiger partial charge in [0, 0.05) is 5.56 Å². The standard InChI is InChI=1S/C20H27N3O3S.C20H26N2O4S/c1-22(2)13-6-14-27(25,26)23(19-7-4-3-5-8-19)16-17-9-11-18(12-10-17)20(24)15-21;1-21(2)14-7-15-27(24,25)22(19-8-5-4-6-9-19)16-17-10-12-18(13-11-17)20(23)26-3/h3-5,7-12H,6,13-16,21H2,1-2H3;4-6,8-13H,7,14-16H2,1-3H3. The first-order chi connectivity index (χ1) is 25.7. The van der Waals surface area contributed by atoms with Crippen molar-refractivity contribution in [3.63, 3.8) is 0 Å². The Kier molecular flexibility index (Phi) is 17.3. The second kappa shape index (κ2) is 21.3. The molecule has 0 heterocycles. The monoisotopic (exact) mass is 779 g/mol. The van der Waals surface area contributed by atoms with Crippen LogP contribution < -0.4 is 14.3 Å². The van der Waals surface area contributed by atoms with E-state index in [1.54, 1.807) is 72.8 Å². The lowest BCUT2D eigenvalue weighted by atomic mass is 10.1. The summed E-state index contributed by atoms with van der Waals surface area (Å²) in [6, 6.07) is 31.8. The molecule has 14 heteroatoms. The van der Waals surface area contributed by atoms with Crippen LogP contribution in [-0.2, 0) is 37.9 Å². The Bertz CT molecular complexity index is 1810. The third-order valence-corrected chi connectivity index (χ3v) is 11.9. The first kappa shape index (κ1) is 43.8. The van der Waals surface area contributed by atoms with Crippen LogP contribution in [0, 0.1) is 0 Å². The molecule has 54 heavy (non-hydrogen) atoms. The summed E-state index contributed by atoms with van der Waals surface area (Å²) in [5.41, 5.74) is 9.20. The summed E-state index contributed by atoms with van der Waals surface area (Å²) in [4.78, 5) is 27.2. The van der Waals surface area contributed by atoms with E-state index in [0.717, 1.165) is 11.1 Å². The minimum absolute atomic E-state index is 0.0459. The van der Waals surface area contributed by atoms with E-state index in [1.807, 2.05) is 74.4 Å². The number of anilines is 2. The fourth-order valence-electron chi connectivity index (χ4n) is 5.35. The number of rotatable bonds is 19. The third kappa shape index (κ3) is 14.0. The number of ketones is 1. The van der Waals surface area contributed by atoms with E-state index >= 15 is 0 Å². The molecule has 0 spiro atoms. The first-order valence-electron chi connectivity index (χ1n) is 17.6. The molecule has 0 unspecified atom stereocenters. The zero-order valence-electron chi connectivity index (χ0n) is 31.8. The van der Waals surface area contributed by atoms with Crippen molar-refractivity contribution in [2.24, 2.45) is 5.73 Å². The van der Waals surface area contributed by atoms with Gasteiger partial charge in [-0.3, -0.25) is 13.4 Å². The Balaban J connectivity index is 0.000000290. The van der Waals surface area contributed by atoms with Crippen molar-refractivity contribution in [2.75, 3.05) is 75.1 Å². The third-order valence-electron chi connectivity index (χ3n) is 8.26. The molecule has 2 N–H and O–H groups in total. The molecule has 4 aromatic carbocycles. The van der Waals surface area contributed by atoms with Gasteiger partial charge in [0.05, 0.1) is 55.2 Å². The van der Waals surface area contributed by atoms with E-state index < -0.39 is 26.0 Å². The number of esters is 1. The van der Waals surface area contributed by atoms with Gasteiger partial charge in [-0.25, -0.2) is 21.6 Å². The van der Waals surface area contributed by atoms with Gasteiger partial charge in [-0.15, -0.1) is 0 Å². The molecule has 4 rings (SSSR count). The predicted octanol–water partition coefficient (Wildman–Crippen LogP) is 4.88. The Morgan fingerprint density at radius 3 is 1.28 bits per heavy atom. The van der Waals surface area contributed by atoms with Crippen LogP contribution in [-0.4, -0.2) is 105 Å². The Morgan fingerprint density at radius 1 is 0.574 bits per heavy atom. The summed E-state index contributed by atoms with van der Waals surface area (Å²) in [7, 11) is 2.05. The van der Waals surface area contributed by atoms with Crippen LogP contribution in [0.5, 0.6) is 0 Å². The second-order valence-corrected chi connectivity index (χ2v) is 17.2. The molecule has 292 valence electrons. The lowest BCUT2D eigenvalue weighted by Gasteiger charge is -2.25. The summed E-state index contributed by atoms with van der Waals surface area (Å²) in [5.74, 6) is -0.417. The number of hydrogen-bond donors (Lipinski definition) is 1. The molecule has 0 fully saturated rings. The molecule has 0 amide bonds. The topological polar surface area (TPSA) is 151 Å². The molecule has 0 saturated heterocycles. The maximum atomic E-state index is 13.0. The smallest absolute Gasteiger partial charge is 0.337 e. The van der Waals surface area contributed by atoms with E-state index in [9.17, 15) is 26.4 Å². The number of sulfonamides is 2. The fraction of sp³-hybridized carbons (Fsp3) is 0.350. The minimum atomic E-state index is -3.49. The van der Waals surface area contributed by atoms with Gasteiger partial charge in [-0.2, -0.15) is 0 Å². The number of benzene rings is 4. The van der Waals surface area contributed by atoms with Crippen LogP contribution >= 0.6 is 0 Å². The van der Waals surface area contributed by atoms with Gasteiger partial charge in [0.15, 0.2) is 5.78 Å². The molecule has 0 aromatic heterocycles. The molecule has 0 atom stereocenters. The minimum Gasteiger partial charge on any atom is -0.465 e. The molecule has 0 bridgehead atoms. The predicted molar refractivity (Wildman–Crippen MR) is 217 cm³/mol. The lowest BCUT2D eigenvalue weighted by molar-refractivity contribution is 0.0600. The molecule has 0 radical (unpaired) electrons. The van der Waals surface area contributed by atoms with Crippen LogP contribution in [0.25, 0.3) is 0 Å². The average molecular weight is 780 g/mol. The molecule has 0 aliphatic rings.